The van der Waals surface area contributed by atoms with Crippen LogP contribution in [0.5, 0.6) is 11.5 Å². The molecule has 5 nitrogen and oxygen atoms in total. The molecule has 2 N–H and O–H groups in total. The summed E-state index contributed by atoms with van der Waals surface area (Å²) in [4.78, 5) is 12.0. The summed E-state index contributed by atoms with van der Waals surface area (Å²) in [5.74, 6) is 1.35. The molecule has 0 heterocycles. The number of ether oxygens (including phenoxy) is 2. The molecule has 2 aromatic rings. The topological polar surface area (TPSA) is 59.6 Å². The van der Waals surface area contributed by atoms with Gasteiger partial charge in [0.15, 0.2) is 0 Å². The fraction of sp³-hybridized carbons (Fsp3) is 0.316. The number of nitrogens with one attached hydrogen (secondary N) is 2. The van der Waals surface area contributed by atoms with E-state index in [9.17, 15) is 4.79 Å². The molecule has 0 saturated heterocycles. The molecule has 0 aliphatic carbocycles. The smallest absolute Gasteiger partial charge is 0.221 e. The zero-order valence-corrected chi connectivity index (χ0v) is 16.3. The number of methoxy groups -OCH3 is 2. The van der Waals surface area contributed by atoms with Crippen molar-refractivity contribution in [3.05, 3.63) is 52.0 Å². The second-order valence-corrected chi connectivity index (χ2v) is 6.42. The third kappa shape index (κ3) is 6.00. The molecule has 0 saturated carbocycles. The molecule has 0 radical (unpaired) electrons. The van der Waals surface area contributed by atoms with Gasteiger partial charge in [0, 0.05) is 35.6 Å². The summed E-state index contributed by atoms with van der Waals surface area (Å²) in [6, 6.07) is 10.8. The number of rotatable bonds is 9. The van der Waals surface area contributed by atoms with Crippen molar-refractivity contribution in [3.63, 3.8) is 0 Å². The Balaban J connectivity index is 1.73. The van der Waals surface area contributed by atoms with Crippen molar-refractivity contribution in [1.29, 1.82) is 0 Å². The predicted molar refractivity (Wildman–Crippen MR) is 106 cm³/mol. The number of hydrogen-bond donors (Lipinski definition) is 2. The second-order valence-electron chi connectivity index (χ2n) is 5.58. The first-order chi connectivity index (χ1) is 12.5. The molecule has 0 bridgehead atoms. The van der Waals surface area contributed by atoms with Crippen molar-refractivity contribution in [2.45, 2.75) is 12.8 Å². The molecular weight excluding hydrogens is 375 g/mol. The number of halogens is 2. The van der Waals surface area contributed by atoms with Crippen molar-refractivity contribution >= 4 is 34.8 Å². The van der Waals surface area contributed by atoms with Gasteiger partial charge in [0.05, 0.1) is 19.9 Å². The highest BCUT2D eigenvalue weighted by Crippen LogP contribution is 2.28. The zero-order valence-electron chi connectivity index (χ0n) is 14.8. The van der Waals surface area contributed by atoms with Gasteiger partial charge < -0.3 is 20.1 Å². The first-order valence-corrected chi connectivity index (χ1v) is 8.95. The van der Waals surface area contributed by atoms with Gasteiger partial charge in [-0.15, -0.1) is 0 Å². The van der Waals surface area contributed by atoms with Gasteiger partial charge in [-0.1, -0.05) is 29.3 Å². The number of benzene rings is 2. The first-order valence-electron chi connectivity index (χ1n) is 8.20. The Kier molecular flexibility index (Phi) is 7.88. The van der Waals surface area contributed by atoms with Crippen molar-refractivity contribution in [2.75, 3.05) is 32.6 Å². The fourth-order valence-electron chi connectivity index (χ4n) is 2.40. The monoisotopic (exact) mass is 396 g/mol. The van der Waals surface area contributed by atoms with Crippen LogP contribution in [0.2, 0.25) is 10.0 Å². The number of carbonyl (C=O) groups is 1. The summed E-state index contributed by atoms with van der Waals surface area (Å²) in [6.07, 6.45) is 1.00. The van der Waals surface area contributed by atoms with Gasteiger partial charge in [0.1, 0.15) is 11.5 Å². The molecular formula is C19H22Cl2N2O3. The molecule has 0 atom stereocenters. The summed E-state index contributed by atoms with van der Waals surface area (Å²) in [5.41, 5.74) is 1.77. The highest BCUT2D eigenvalue weighted by molar-refractivity contribution is 6.35. The Labute approximate surface area is 163 Å². The van der Waals surface area contributed by atoms with E-state index in [1.54, 1.807) is 32.4 Å². The molecule has 0 aromatic heterocycles. The number of hydrogen-bond acceptors (Lipinski definition) is 4. The molecule has 0 fully saturated rings. The average molecular weight is 397 g/mol. The normalized spacial score (nSPS) is 10.3. The average Bonchev–Trinajstić information content (AvgIpc) is 2.63. The third-order valence-corrected chi connectivity index (χ3v) is 4.39. The Morgan fingerprint density at radius 1 is 1.04 bits per heavy atom. The highest BCUT2D eigenvalue weighted by atomic mass is 35.5. The van der Waals surface area contributed by atoms with Gasteiger partial charge in [-0.2, -0.15) is 0 Å². The van der Waals surface area contributed by atoms with Crippen molar-refractivity contribution < 1.29 is 14.3 Å². The Morgan fingerprint density at radius 3 is 2.54 bits per heavy atom. The lowest BCUT2D eigenvalue weighted by atomic mass is 10.1. The Morgan fingerprint density at radius 2 is 1.85 bits per heavy atom. The van der Waals surface area contributed by atoms with Crippen LogP contribution in [0.1, 0.15) is 12.0 Å². The van der Waals surface area contributed by atoms with Gasteiger partial charge in [-0.3, -0.25) is 4.79 Å². The lowest BCUT2D eigenvalue weighted by molar-refractivity contribution is -0.120. The van der Waals surface area contributed by atoms with Crippen LogP contribution in [0.3, 0.4) is 0 Å². The van der Waals surface area contributed by atoms with Gasteiger partial charge in [0.2, 0.25) is 5.91 Å². The minimum absolute atomic E-state index is 0.0323. The van der Waals surface area contributed by atoms with Crippen LogP contribution in [-0.2, 0) is 11.2 Å². The van der Waals surface area contributed by atoms with Gasteiger partial charge in [0.25, 0.3) is 0 Å². The molecule has 2 aromatic carbocycles. The van der Waals surface area contributed by atoms with Gasteiger partial charge in [-0.05, 0) is 36.2 Å². The van der Waals surface area contributed by atoms with Crippen LogP contribution in [0.4, 0.5) is 5.69 Å². The van der Waals surface area contributed by atoms with Gasteiger partial charge in [-0.25, -0.2) is 0 Å². The van der Waals surface area contributed by atoms with E-state index in [4.69, 9.17) is 32.7 Å². The van der Waals surface area contributed by atoms with Crippen LogP contribution >= 0.6 is 23.2 Å². The molecule has 26 heavy (non-hydrogen) atoms. The summed E-state index contributed by atoms with van der Waals surface area (Å²) in [5, 5.41) is 7.29. The lowest BCUT2D eigenvalue weighted by Gasteiger charge is -2.12. The maximum atomic E-state index is 12.0. The van der Waals surface area contributed by atoms with Crippen molar-refractivity contribution in [2.24, 2.45) is 0 Å². The van der Waals surface area contributed by atoms with E-state index < -0.39 is 0 Å². The van der Waals surface area contributed by atoms with Crippen LogP contribution in [0, 0.1) is 0 Å². The summed E-state index contributed by atoms with van der Waals surface area (Å²) in [6.45, 7) is 1.02. The van der Waals surface area contributed by atoms with Crippen molar-refractivity contribution in [3.8, 4) is 11.5 Å². The molecule has 2 rings (SSSR count). The highest BCUT2D eigenvalue weighted by Gasteiger charge is 2.07. The van der Waals surface area contributed by atoms with Crippen molar-refractivity contribution in [1.82, 2.24) is 5.32 Å². The van der Waals surface area contributed by atoms with Crippen LogP contribution < -0.4 is 20.1 Å². The summed E-state index contributed by atoms with van der Waals surface area (Å²) in [7, 11) is 3.19. The van der Waals surface area contributed by atoms with Crippen LogP contribution in [0.25, 0.3) is 0 Å². The standard InChI is InChI=1S/C19H22Cl2N2O3/c1-25-15-5-6-17(18(12-15)26-2)22-10-8-19(24)23-9-7-13-3-4-14(20)11-16(13)21/h3-6,11-12,22H,7-10H2,1-2H3,(H,23,24). The minimum atomic E-state index is -0.0323. The molecule has 140 valence electrons. The van der Waals surface area contributed by atoms with E-state index in [0.717, 1.165) is 11.3 Å². The van der Waals surface area contributed by atoms with Crippen LogP contribution in [-0.4, -0.2) is 33.2 Å². The van der Waals surface area contributed by atoms with Gasteiger partial charge >= 0.3 is 0 Å². The minimum Gasteiger partial charge on any atom is -0.497 e. The van der Waals surface area contributed by atoms with E-state index in [2.05, 4.69) is 10.6 Å². The van der Waals surface area contributed by atoms with E-state index in [0.29, 0.717) is 47.5 Å². The van der Waals surface area contributed by atoms with Crippen LogP contribution in [0.15, 0.2) is 36.4 Å². The second kappa shape index (κ2) is 10.1. The fourth-order valence-corrected chi connectivity index (χ4v) is 2.91. The SMILES string of the molecule is COc1ccc(NCCC(=O)NCCc2ccc(Cl)cc2Cl)c(OC)c1. The molecule has 0 spiro atoms. The number of anilines is 1. The Hall–Kier alpha value is -2.11. The first kappa shape index (κ1) is 20.2. The zero-order chi connectivity index (χ0) is 18.9. The maximum Gasteiger partial charge on any atom is 0.221 e. The quantitative estimate of drug-likeness (QED) is 0.667. The third-order valence-electron chi connectivity index (χ3n) is 3.81. The molecule has 1 amide bonds. The van der Waals surface area contributed by atoms with E-state index in [1.807, 2.05) is 18.2 Å². The number of carbonyl (C=O) groups excluding carboxylic acids is 1. The molecule has 0 unspecified atom stereocenters. The largest absolute Gasteiger partial charge is 0.497 e. The van der Waals surface area contributed by atoms with E-state index in [1.165, 1.54) is 0 Å². The Bertz CT molecular complexity index is 754. The summed E-state index contributed by atoms with van der Waals surface area (Å²) >= 11 is 12.0. The maximum absolute atomic E-state index is 12.0. The predicted octanol–water partition coefficient (Wildman–Crippen LogP) is 4.17. The van der Waals surface area contributed by atoms with E-state index in [-0.39, 0.29) is 5.91 Å². The summed E-state index contributed by atoms with van der Waals surface area (Å²) < 4.78 is 10.5. The molecule has 0 aliphatic rings. The van der Waals surface area contributed by atoms with E-state index >= 15 is 0 Å². The molecule has 7 heteroatoms. The molecule has 0 aliphatic heterocycles. The lowest BCUT2D eigenvalue weighted by Crippen LogP contribution is -2.27. The number of amides is 1.